The van der Waals surface area contributed by atoms with Gasteiger partial charge in [0.05, 0.1) is 0 Å². The molecule has 23 heavy (non-hydrogen) atoms. The van der Waals surface area contributed by atoms with Crippen LogP contribution in [0.25, 0.3) is 0 Å². The molecule has 0 aliphatic carbocycles. The fourth-order valence-electron chi connectivity index (χ4n) is 2.82. The smallest absolute Gasteiger partial charge is 0.325 e. The Balaban J connectivity index is 1.74. The first-order valence-corrected chi connectivity index (χ1v) is 7.40. The number of piperazine rings is 1. The number of anilines is 1. The molecular formula is C16H17FN4O2. The van der Waals surface area contributed by atoms with E-state index in [2.05, 4.69) is 9.97 Å². The lowest BCUT2D eigenvalue weighted by atomic mass is 10.0. The molecule has 0 saturated carbocycles. The number of nitrogens with zero attached hydrogens (tertiary/aromatic N) is 4. The lowest BCUT2D eigenvalue weighted by molar-refractivity contribution is -0.143. The lowest BCUT2D eigenvalue weighted by Crippen LogP contribution is -2.49. The second-order valence-electron chi connectivity index (χ2n) is 5.33. The Bertz CT molecular complexity index is 675. The summed E-state index contributed by atoms with van der Waals surface area (Å²) in [6.07, 6.45) is 3.35. The largest absolute Gasteiger partial charge is 0.480 e. The summed E-state index contributed by atoms with van der Waals surface area (Å²) < 4.78 is 14.0. The molecule has 2 aromatic rings. The zero-order chi connectivity index (χ0) is 16.2. The van der Waals surface area contributed by atoms with Gasteiger partial charge in [0, 0.05) is 44.1 Å². The molecule has 1 unspecified atom stereocenters. The van der Waals surface area contributed by atoms with Crippen LogP contribution in [0.5, 0.6) is 0 Å². The maximum atomic E-state index is 14.0. The van der Waals surface area contributed by atoms with Gasteiger partial charge in [0.1, 0.15) is 11.9 Å². The van der Waals surface area contributed by atoms with E-state index in [0.717, 1.165) is 0 Å². The van der Waals surface area contributed by atoms with E-state index in [0.29, 0.717) is 32.1 Å². The van der Waals surface area contributed by atoms with E-state index >= 15 is 0 Å². The van der Waals surface area contributed by atoms with E-state index in [9.17, 15) is 14.3 Å². The Morgan fingerprint density at radius 1 is 1.09 bits per heavy atom. The molecule has 3 rings (SSSR count). The number of carbonyl (C=O) groups is 1. The van der Waals surface area contributed by atoms with Crippen molar-refractivity contribution in [2.75, 3.05) is 31.1 Å². The van der Waals surface area contributed by atoms with E-state index in [4.69, 9.17) is 0 Å². The molecule has 1 N–H and O–H groups in total. The van der Waals surface area contributed by atoms with E-state index in [1.54, 1.807) is 35.5 Å². The monoisotopic (exact) mass is 316 g/mol. The van der Waals surface area contributed by atoms with Crippen molar-refractivity contribution in [1.82, 2.24) is 14.9 Å². The summed E-state index contributed by atoms with van der Waals surface area (Å²) in [5.41, 5.74) is 0.199. The predicted molar refractivity (Wildman–Crippen MR) is 82.6 cm³/mol. The van der Waals surface area contributed by atoms with E-state index < -0.39 is 17.8 Å². The first kappa shape index (κ1) is 15.4. The van der Waals surface area contributed by atoms with Gasteiger partial charge in [-0.25, -0.2) is 14.4 Å². The van der Waals surface area contributed by atoms with Crippen LogP contribution in [0.4, 0.5) is 10.3 Å². The molecule has 0 spiro atoms. The molecule has 0 amide bonds. The Morgan fingerprint density at radius 3 is 2.35 bits per heavy atom. The van der Waals surface area contributed by atoms with Crippen LogP contribution in [0.15, 0.2) is 42.7 Å². The van der Waals surface area contributed by atoms with Gasteiger partial charge in [-0.05, 0) is 12.1 Å². The molecule has 0 radical (unpaired) electrons. The van der Waals surface area contributed by atoms with Crippen molar-refractivity contribution >= 4 is 11.9 Å². The van der Waals surface area contributed by atoms with Crippen LogP contribution in [-0.2, 0) is 4.79 Å². The molecule has 0 bridgehead atoms. The van der Waals surface area contributed by atoms with Crippen molar-refractivity contribution < 1.29 is 14.3 Å². The number of hydrogen-bond acceptors (Lipinski definition) is 5. The fraction of sp³-hybridized carbons (Fsp3) is 0.312. The summed E-state index contributed by atoms with van der Waals surface area (Å²) in [5, 5.41) is 9.54. The van der Waals surface area contributed by atoms with Gasteiger partial charge in [0.15, 0.2) is 0 Å². The SMILES string of the molecule is O=C(O)C(c1ccccc1F)N1CCN(c2ncccn2)CC1. The molecule has 120 valence electrons. The van der Waals surface area contributed by atoms with Gasteiger partial charge in [0.25, 0.3) is 0 Å². The van der Waals surface area contributed by atoms with Gasteiger partial charge in [0.2, 0.25) is 5.95 Å². The van der Waals surface area contributed by atoms with Crippen molar-refractivity contribution in [3.05, 3.63) is 54.1 Å². The quantitative estimate of drug-likeness (QED) is 0.923. The standard InChI is InChI=1S/C16H17FN4O2/c17-13-5-2-1-4-12(13)14(15(22)23)20-8-10-21(11-9-20)16-18-6-3-7-19-16/h1-7,14H,8-11H2,(H,22,23). The third kappa shape index (κ3) is 3.29. The number of halogens is 1. The number of aromatic nitrogens is 2. The normalized spacial score (nSPS) is 17.0. The van der Waals surface area contributed by atoms with Gasteiger partial charge in [-0.3, -0.25) is 9.69 Å². The van der Waals surface area contributed by atoms with Gasteiger partial charge in [-0.15, -0.1) is 0 Å². The molecule has 6 nitrogen and oxygen atoms in total. The number of rotatable bonds is 4. The topological polar surface area (TPSA) is 69.6 Å². The highest BCUT2D eigenvalue weighted by molar-refractivity contribution is 5.75. The van der Waals surface area contributed by atoms with Gasteiger partial charge in [-0.2, -0.15) is 0 Å². The highest BCUT2D eigenvalue weighted by atomic mass is 19.1. The summed E-state index contributed by atoms with van der Waals surface area (Å²) in [4.78, 5) is 23.8. The highest BCUT2D eigenvalue weighted by Gasteiger charge is 2.32. The van der Waals surface area contributed by atoms with Crippen molar-refractivity contribution in [2.24, 2.45) is 0 Å². The first-order valence-electron chi connectivity index (χ1n) is 7.40. The van der Waals surface area contributed by atoms with Gasteiger partial charge >= 0.3 is 5.97 Å². The Kier molecular flexibility index (Phi) is 4.47. The second kappa shape index (κ2) is 6.70. The zero-order valence-corrected chi connectivity index (χ0v) is 12.5. The van der Waals surface area contributed by atoms with Crippen LogP contribution in [0.3, 0.4) is 0 Å². The Hall–Kier alpha value is -2.54. The molecule has 1 saturated heterocycles. The van der Waals surface area contributed by atoms with Crippen LogP contribution in [-0.4, -0.2) is 52.1 Å². The molecular weight excluding hydrogens is 299 g/mol. The molecule has 1 aliphatic heterocycles. The van der Waals surface area contributed by atoms with Crippen LogP contribution >= 0.6 is 0 Å². The van der Waals surface area contributed by atoms with Crippen molar-refractivity contribution in [1.29, 1.82) is 0 Å². The molecule has 7 heteroatoms. The minimum atomic E-state index is -1.04. The van der Waals surface area contributed by atoms with Gasteiger partial charge < -0.3 is 10.0 Å². The van der Waals surface area contributed by atoms with E-state index in [1.807, 2.05) is 4.90 Å². The first-order chi connectivity index (χ1) is 11.2. The number of aliphatic carboxylic acids is 1. The molecule has 1 atom stereocenters. The van der Waals surface area contributed by atoms with Crippen molar-refractivity contribution in [2.45, 2.75) is 6.04 Å². The highest BCUT2D eigenvalue weighted by Crippen LogP contribution is 2.25. The Labute approximate surface area is 133 Å². The number of carboxylic acids is 1. The molecule has 2 heterocycles. The van der Waals surface area contributed by atoms with Crippen molar-refractivity contribution in [3.63, 3.8) is 0 Å². The van der Waals surface area contributed by atoms with Crippen LogP contribution in [0, 0.1) is 5.82 Å². The van der Waals surface area contributed by atoms with Crippen LogP contribution in [0.2, 0.25) is 0 Å². The molecule has 1 aromatic heterocycles. The lowest BCUT2D eigenvalue weighted by Gasteiger charge is -2.37. The maximum Gasteiger partial charge on any atom is 0.325 e. The molecule has 1 aromatic carbocycles. The number of carboxylic acid groups (broad SMARTS) is 1. The molecule has 1 aliphatic rings. The second-order valence-corrected chi connectivity index (χ2v) is 5.33. The van der Waals surface area contributed by atoms with E-state index in [1.165, 1.54) is 12.1 Å². The predicted octanol–water partition coefficient (Wildman–Crippen LogP) is 1.56. The minimum Gasteiger partial charge on any atom is -0.480 e. The maximum absolute atomic E-state index is 14.0. The Morgan fingerprint density at radius 2 is 1.74 bits per heavy atom. The third-order valence-electron chi connectivity index (χ3n) is 3.95. The summed E-state index contributed by atoms with van der Waals surface area (Å²) in [6, 6.07) is 6.80. The zero-order valence-electron chi connectivity index (χ0n) is 12.5. The summed E-state index contributed by atoms with van der Waals surface area (Å²) in [7, 11) is 0. The minimum absolute atomic E-state index is 0.199. The van der Waals surface area contributed by atoms with Gasteiger partial charge in [-0.1, -0.05) is 18.2 Å². The summed E-state index contributed by atoms with van der Waals surface area (Å²) >= 11 is 0. The van der Waals surface area contributed by atoms with Crippen molar-refractivity contribution in [3.8, 4) is 0 Å². The molecule has 1 fully saturated rings. The summed E-state index contributed by atoms with van der Waals surface area (Å²) in [5.74, 6) is -0.904. The summed E-state index contributed by atoms with van der Waals surface area (Å²) in [6.45, 7) is 2.21. The number of hydrogen-bond donors (Lipinski definition) is 1. The van der Waals surface area contributed by atoms with E-state index in [-0.39, 0.29) is 5.56 Å². The van der Waals surface area contributed by atoms with Crippen LogP contribution in [0.1, 0.15) is 11.6 Å². The fourth-order valence-corrected chi connectivity index (χ4v) is 2.82. The third-order valence-corrected chi connectivity index (χ3v) is 3.95. The average molecular weight is 316 g/mol. The van der Waals surface area contributed by atoms with Crippen LogP contribution < -0.4 is 4.90 Å². The number of benzene rings is 1. The average Bonchev–Trinajstić information content (AvgIpc) is 2.58.